The maximum Gasteiger partial charge on any atom is 0.416 e. The maximum atomic E-state index is 13.3. The molecule has 1 aromatic heterocycles. The molecule has 0 unspecified atom stereocenters. The molecule has 0 atom stereocenters. The van der Waals surface area contributed by atoms with Crippen LogP contribution >= 0.6 is 0 Å². The number of alkyl halides is 6. The van der Waals surface area contributed by atoms with Gasteiger partial charge in [0.15, 0.2) is 0 Å². The van der Waals surface area contributed by atoms with Gasteiger partial charge in [-0.15, -0.1) is 0 Å². The van der Waals surface area contributed by atoms with E-state index in [9.17, 15) is 31.1 Å². The highest BCUT2D eigenvalue weighted by atomic mass is 19.4. The fourth-order valence-corrected chi connectivity index (χ4v) is 3.41. The van der Waals surface area contributed by atoms with E-state index in [0.29, 0.717) is 24.2 Å². The van der Waals surface area contributed by atoms with Crippen LogP contribution in [0.1, 0.15) is 32.7 Å². The summed E-state index contributed by atoms with van der Waals surface area (Å²) in [6.45, 7) is 1.78. The number of nitrogens with zero attached hydrogens (tertiary/aromatic N) is 1. The van der Waals surface area contributed by atoms with E-state index in [0.717, 1.165) is 5.56 Å². The van der Waals surface area contributed by atoms with E-state index in [2.05, 4.69) is 0 Å². The van der Waals surface area contributed by atoms with Gasteiger partial charge in [-0.25, -0.2) is 0 Å². The molecule has 0 saturated heterocycles. The van der Waals surface area contributed by atoms with E-state index in [1.807, 2.05) is 30.3 Å². The lowest BCUT2D eigenvalue weighted by atomic mass is 10.0. The molecule has 31 heavy (non-hydrogen) atoms. The van der Waals surface area contributed by atoms with Crippen LogP contribution in [-0.2, 0) is 25.3 Å². The lowest BCUT2D eigenvalue weighted by molar-refractivity contribution is -0.143. The monoisotopic (exact) mass is 440 g/mol. The summed E-state index contributed by atoms with van der Waals surface area (Å²) < 4.78 is 81.2. The SMILES string of the molecule is Cc1c(C(N)=O)cc(-c2cc(C(F)(F)F)cc(C(F)(F)F)c2)n1CCc1ccccc1. The predicted octanol–water partition coefficient (Wildman–Crippen LogP) is 5.84. The summed E-state index contributed by atoms with van der Waals surface area (Å²) in [6.07, 6.45) is -9.50. The number of hydrogen-bond acceptors (Lipinski definition) is 1. The molecule has 164 valence electrons. The largest absolute Gasteiger partial charge is 0.416 e. The number of nitrogens with two attached hydrogens (primary N) is 1. The van der Waals surface area contributed by atoms with Crippen molar-refractivity contribution >= 4 is 5.91 Å². The molecular weight excluding hydrogens is 422 g/mol. The van der Waals surface area contributed by atoms with Crippen LogP contribution in [0.5, 0.6) is 0 Å². The van der Waals surface area contributed by atoms with Crippen LogP contribution in [0.15, 0.2) is 54.6 Å². The fraction of sp³-hybridized carbons (Fsp3) is 0.227. The van der Waals surface area contributed by atoms with Crippen molar-refractivity contribution < 1.29 is 31.1 Å². The van der Waals surface area contributed by atoms with Crippen LogP contribution in [0, 0.1) is 6.92 Å². The number of halogens is 6. The average molecular weight is 440 g/mol. The Kier molecular flexibility index (Phi) is 5.89. The summed E-state index contributed by atoms with van der Waals surface area (Å²) in [5.74, 6) is -0.819. The molecule has 1 amide bonds. The highest BCUT2D eigenvalue weighted by Gasteiger charge is 2.37. The molecule has 0 spiro atoms. The van der Waals surface area contributed by atoms with Gasteiger partial charge in [0, 0.05) is 17.9 Å². The van der Waals surface area contributed by atoms with Gasteiger partial charge >= 0.3 is 12.4 Å². The van der Waals surface area contributed by atoms with Gasteiger partial charge in [0.2, 0.25) is 0 Å². The summed E-state index contributed by atoms with van der Waals surface area (Å²) in [5, 5.41) is 0. The average Bonchev–Trinajstić information content (AvgIpc) is 3.02. The topological polar surface area (TPSA) is 48.0 Å². The lowest BCUT2D eigenvalue weighted by Gasteiger charge is -2.16. The minimum absolute atomic E-state index is 0.0361. The summed E-state index contributed by atoms with van der Waals surface area (Å²) in [4.78, 5) is 11.8. The van der Waals surface area contributed by atoms with Crippen molar-refractivity contribution in [3.05, 3.63) is 82.5 Å². The zero-order chi connectivity index (χ0) is 23.0. The number of amides is 1. The van der Waals surface area contributed by atoms with Gasteiger partial charge < -0.3 is 10.3 Å². The van der Waals surface area contributed by atoms with Gasteiger partial charge in [-0.1, -0.05) is 30.3 Å². The quantitative estimate of drug-likeness (QED) is 0.498. The number of aromatic nitrogens is 1. The second-order valence-corrected chi connectivity index (χ2v) is 7.07. The van der Waals surface area contributed by atoms with Crippen LogP contribution in [0.2, 0.25) is 0 Å². The normalized spacial score (nSPS) is 12.2. The predicted molar refractivity (Wildman–Crippen MR) is 103 cm³/mol. The molecule has 3 aromatic rings. The van der Waals surface area contributed by atoms with Crippen LogP contribution in [0.25, 0.3) is 11.3 Å². The molecule has 2 aromatic carbocycles. The van der Waals surface area contributed by atoms with Gasteiger partial charge in [-0.05, 0) is 48.7 Å². The summed E-state index contributed by atoms with van der Waals surface area (Å²) >= 11 is 0. The third-order valence-corrected chi connectivity index (χ3v) is 4.98. The number of benzene rings is 2. The Labute approximate surface area is 174 Å². The molecule has 0 aliphatic rings. The van der Waals surface area contributed by atoms with Gasteiger partial charge in [0.1, 0.15) is 0 Å². The number of hydrogen-bond donors (Lipinski definition) is 1. The minimum atomic E-state index is -4.97. The Hall–Kier alpha value is -3.23. The van der Waals surface area contributed by atoms with Crippen molar-refractivity contribution in [2.24, 2.45) is 5.73 Å². The maximum absolute atomic E-state index is 13.3. The third kappa shape index (κ3) is 4.92. The molecule has 3 rings (SSSR count). The standard InChI is InChI=1S/C22H18F6N2O/c1-13-18(20(29)31)12-19(30(13)8-7-14-5-3-2-4-6-14)15-9-16(21(23,24)25)11-17(10-15)22(26,27)28/h2-6,9-12H,7-8H2,1H3,(H2,29,31). The Morgan fingerprint density at radius 3 is 1.94 bits per heavy atom. The number of carbonyl (C=O) groups is 1. The Morgan fingerprint density at radius 1 is 0.903 bits per heavy atom. The first kappa shape index (κ1) is 22.5. The van der Waals surface area contributed by atoms with Crippen molar-refractivity contribution in [3.8, 4) is 11.3 Å². The number of rotatable bonds is 5. The second-order valence-electron chi connectivity index (χ2n) is 7.07. The fourth-order valence-electron chi connectivity index (χ4n) is 3.41. The third-order valence-electron chi connectivity index (χ3n) is 4.98. The second kappa shape index (κ2) is 8.13. The van der Waals surface area contributed by atoms with E-state index >= 15 is 0 Å². The molecule has 0 fully saturated rings. The van der Waals surface area contributed by atoms with Crippen LogP contribution in [-0.4, -0.2) is 10.5 Å². The minimum Gasteiger partial charge on any atom is -0.366 e. The summed E-state index contributed by atoms with van der Waals surface area (Å²) in [5.41, 5.74) is 3.59. The molecule has 0 radical (unpaired) electrons. The Balaban J connectivity index is 2.17. The smallest absolute Gasteiger partial charge is 0.366 e. The van der Waals surface area contributed by atoms with E-state index in [4.69, 9.17) is 5.73 Å². The highest BCUT2D eigenvalue weighted by molar-refractivity contribution is 5.95. The van der Waals surface area contributed by atoms with E-state index in [1.165, 1.54) is 10.6 Å². The summed E-state index contributed by atoms with van der Waals surface area (Å²) in [6, 6.07) is 11.7. The van der Waals surface area contributed by atoms with E-state index in [1.54, 1.807) is 6.92 Å². The Bertz CT molecular complexity index is 1070. The number of primary amides is 1. The molecule has 3 nitrogen and oxygen atoms in total. The zero-order valence-electron chi connectivity index (χ0n) is 16.3. The molecular formula is C22H18F6N2O. The highest BCUT2D eigenvalue weighted by Crippen LogP contribution is 2.39. The number of aryl methyl sites for hydroxylation is 1. The number of carbonyl (C=O) groups excluding carboxylic acids is 1. The first-order valence-electron chi connectivity index (χ1n) is 9.21. The van der Waals surface area contributed by atoms with Crippen LogP contribution in [0.4, 0.5) is 26.3 Å². The van der Waals surface area contributed by atoms with E-state index in [-0.39, 0.29) is 29.4 Å². The van der Waals surface area contributed by atoms with Crippen molar-refractivity contribution in [1.29, 1.82) is 0 Å². The van der Waals surface area contributed by atoms with Crippen molar-refractivity contribution in [3.63, 3.8) is 0 Å². The van der Waals surface area contributed by atoms with Crippen molar-refractivity contribution in [2.45, 2.75) is 32.2 Å². The van der Waals surface area contributed by atoms with Crippen molar-refractivity contribution in [1.82, 2.24) is 4.57 Å². The molecule has 0 bridgehead atoms. The van der Waals surface area contributed by atoms with Gasteiger partial charge in [0.25, 0.3) is 5.91 Å². The molecule has 0 aliphatic carbocycles. The van der Waals surface area contributed by atoms with Gasteiger partial charge in [-0.2, -0.15) is 26.3 Å². The Morgan fingerprint density at radius 2 is 1.45 bits per heavy atom. The van der Waals surface area contributed by atoms with Crippen molar-refractivity contribution in [2.75, 3.05) is 0 Å². The molecule has 0 saturated carbocycles. The van der Waals surface area contributed by atoms with Gasteiger partial charge in [0.05, 0.1) is 16.7 Å². The van der Waals surface area contributed by atoms with Crippen LogP contribution < -0.4 is 5.73 Å². The molecule has 1 heterocycles. The van der Waals surface area contributed by atoms with Crippen LogP contribution in [0.3, 0.4) is 0 Å². The molecule has 2 N–H and O–H groups in total. The first-order valence-corrected chi connectivity index (χ1v) is 9.21. The first-order chi connectivity index (χ1) is 14.4. The summed E-state index contributed by atoms with van der Waals surface area (Å²) in [7, 11) is 0. The lowest BCUT2D eigenvalue weighted by Crippen LogP contribution is -2.13. The molecule has 9 heteroatoms. The zero-order valence-corrected chi connectivity index (χ0v) is 16.3. The molecule has 0 aliphatic heterocycles. The van der Waals surface area contributed by atoms with Gasteiger partial charge in [-0.3, -0.25) is 4.79 Å². The van der Waals surface area contributed by atoms with E-state index < -0.39 is 29.4 Å².